The molecule has 0 aliphatic carbocycles. The van der Waals surface area contributed by atoms with E-state index in [0.717, 1.165) is 16.8 Å². The van der Waals surface area contributed by atoms with E-state index in [1.807, 2.05) is 31.2 Å². The Bertz CT molecular complexity index is 663. The fourth-order valence-corrected chi connectivity index (χ4v) is 1.75. The molecular formula is C16H16FN3. The second-order valence-electron chi connectivity index (χ2n) is 4.51. The second kappa shape index (κ2) is 6.10. The van der Waals surface area contributed by atoms with Crippen LogP contribution in [0.15, 0.2) is 41.7 Å². The molecule has 2 rings (SSSR count). The van der Waals surface area contributed by atoms with Gasteiger partial charge in [-0.25, -0.2) is 9.37 Å². The van der Waals surface area contributed by atoms with Crippen molar-refractivity contribution < 1.29 is 4.39 Å². The number of rotatable bonds is 4. The number of nitrogens with one attached hydrogen (secondary N) is 1. The molecule has 0 spiro atoms. The van der Waals surface area contributed by atoms with Crippen LogP contribution in [0.4, 0.5) is 15.9 Å². The van der Waals surface area contributed by atoms with E-state index in [1.165, 1.54) is 12.3 Å². The van der Waals surface area contributed by atoms with E-state index >= 15 is 0 Å². The number of aliphatic imine (C=N–C) groups is 1. The molecule has 20 heavy (non-hydrogen) atoms. The summed E-state index contributed by atoms with van der Waals surface area (Å²) in [6.07, 6.45) is 5.01. The van der Waals surface area contributed by atoms with Gasteiger partial charge in [0.05, 0.1) is 0 Å². The van der Waals surface area contributed by atoms with Crippen LogP contribution in [0, 0.1) is 19.7 Å². The highest BCUT2D eigenvalue weighted by molar-refractivity contribution is 5.64. The molecular weight excluding hydrogens is 253 g/mol. The van der Waals surface area contributed by atoms with E-state index in [9.17, 15) is 4.39 Å². The highest BCUT2D eigenvalue weighted by Crippen LogP contribution is 2.21. The van der Waals surface area contributed by atoms with Crippen LogP contribution in [0.3, 0.4) is 0 Å². The van der Waals surface area contributed by atoms with Crippen molar-refractivity contribution in [3.63, 3.8) is 0 Å². The maximum atomic E-state index is 13.5. The molecule has 0 aliphatic heterocycles. The summed E-state index contributed by atoms with van der Waals surface area (Å²) >= 11 is 0. The van der Waals surface area contributed by atoms with E-state index in [4.69, 9.17) is 0 Å². The maximum absolute atomic E-state index is 13.5. The third kappa shape index (κ3) is 3.29. The average molecular weight is 269 g/mol. The van der Waals surface area contributed by atoms with Gasteiger partial charge in [0.1, 0.15) is 11.6 Å². The zero-order valence-electron chi connectivity index (χ0n) is 11.5. The lowest BCUT2D eigenvalue weighted by molar-refractivity contribution is 0.617. The molecule has 2 aromatic rings. The van der Waals surface area contributed by atoms with Crippen molar-refractivity contribution in [1.82, 2.24) is 4.98 Å². The largest absolute Gasteiger partial charge is 0.340 e. The Morgan fingerprint density at radius 2 is 2.05 bits per heavy atom. The second-order valence-corrected chi connectivity index (χ2v) is 4.51. The lowest BCUT2D eigenvalue weighted by atomic mass is 10.1. The van der Waals surface area contributed by atoms with Gasteiger partial charge >= 0.3 is 0 Å². The number of aromatic nitrogens is 1. The Morgan fingerprint density at radius 3 is 2.75 bits per heavy atom. The molecule has 1 aromatic heterocycles. The summed E-state index contributed by atoms with van der Waals surface area (Å²) in [5.74, 6) is 0.208. The van der Waals surface area contributed by atoms with Gasteiger partial charge < -0.3 is 5.32 Å². The van der Waals surface area contributed by atoms with E-state index in [0.29, 0.717) is 11.4 Å². The standard InChI is InChI=1S/C16H16FN3/c1-11-4-5-14(8-13(11)6-7-18-3)20-16-9-15(17)12(2)10-19-16/h4-10H,3H2,1-2H3,(H,19,20)/b7-6-. The topological polar surface area (TPSA) is 37.3 Å². The monoisotopic (exact) mass is 269 g/mol. The van der Waals surface area contributed by atoms with Gasteiger partial charge in [-0.1, -0.05) is 6.07 Å². The number of hydrogen-bond donors (Lipinski definition) is 1. The van der Waals surface area contributed by atoms with Gasteiger partial charge in [-0.05, 0) is 49.9 Å². The van der Waals surface area contributed by atoms with Crippen LogP contribution in [0.1, 0.15) is 16.7 Å². The number of halogens is 1. The van der Waals surface area contributed by atoms with Crippen LogP contribution < -0.4 is 5.32 Å². The van der Waals surface area contributed by atoms with Gasteiger partial charge in [0.15, 0.2) is 0 Å². The van der Waals surface area contributed by atoms with Gasteiger partial charge in [-0.15, -0.1) is 0 Å². The summed E-state index contributed by atoms with van der Waals surface area (Å²) in [5.41, 5.74) is 3.52. The zero-order chi connectivity index (χ0) is 14.5. The van der Waals surface area contributed by atoms with Crippen molar-refractivity contribution in [2.75, 3.05) is 5.32 Å². The van der Waals surface area contributed by atoms with Gasteiger partial charge in [0, 0.05) is 29.7 Å². The molecule has 0 bridgehead atoms. The summed E-state index contributed by atoms with van der Waals surface area (Å²) in [5, 5.41) is 3.08. The van der Waals surface area contributed by atoms with Crippen molar-refractivity contribution in [2.45, 2.75) is 13.8 Å². The first-order valence-corrected chi connectivity index (χ1v) is 6.22. The van der Waals surface area contributed by atoms with Crippen molar-refractivity contribution in [3.05, 3.63) is 59.2 Å². The minimum atomic E-state index is -0.273. The normalized spacial score (nSPS) is 10.8. The molecule has 1 aromatic carbocycles. The maximum Gasteiger partial charge on any atom is 0.133 e. The van der Waals surface area contributed by atoms with Crippen LogP contribution in [0.5, 0.6) is 0 Å². The summed E-state index contributed by atoms with van der Waals surface area (Å²) in [7, 11) is 0. The van der Waals surface area contributed by atoms with Crippen molar-refractivity contribution in [2.24, 2.45) is 4.99 Å². The quantitative estimate of drug-likeness (QED) is 0.842. The van der Waals surface area contributed by atoms with Crippen molar-refractivity contribution in [3.8, 4) is 0 Å². The molecule has 0 saturated carbocycles. The fraction of sp³-hybridized carbons (Fsp3) is 0.125. The predicted molar refractivity (Wildman–Crippen MR) is 82.0 cm³/mol. The van der Waals surface area contributed by atoms with Crippen LogP contribution in [0.25, 0.3) is 6.08 Å². The molecule has 0 atom stereocenters. The number of hydrogen-bond acceptors (Lipinski definition) is 3. The van der Waals surface area contributed by atoms with E-state index < -0.39 is 0 Å². The average Bonchev–Trinajstić information content (AvgIpc) is 2.43. The fourth-order valence-electron chi connectivity index (χ4n) is 1.75. The zero-order valence-corrected chi connectivity index (χ0v) is 11.5. The van der Waals surface area contributed by atoms with Gasteiger partial charge in [0.25, 0.3) is 0 Å². The van der Waals surface area contributed by atoms with Crippen molar-refractivity contribution >= 4 is 24.3 Å². The van der Waals surface area contributed by atoms with Crippen LogP contribution in [-0.2, 0) is 0 Å². The minimum Gasteiger partial charge on any atom is -0.340 e. The summed E-state index contributed by atoms with van der Waals surface area (Å²) in [6.45, 7) is 7.10. The first-order chi connectivity index (χ1) is 9.60. The number of aryl methyl sites for hydroxylation is 2. The molecule has 4 heteroatoms. The molecule has 0 amide bonds. The number of nitrogens with zero attached hydrogens (tertiary/aromatic N) is 2. The summed E-state index contributed by atoms with van der Waals surface area (Å²) in [6, 6.07) is 7.25. The number of benzene rings is 1. The Labute approximate surface area is 117 Å². The summed E-state index contributed by atoms with van der Waals surface area (Å²) in [4.78, 5) is 7.85. The van der Waals surface area contributed by atoms with Crippen molar-refractivity contribution in [1.29, 1.82) is 0 Å². The lowest BCUT2D eigenvalue weighted by Gasteiger charge is -2.09. The van der Waals surface area contributed by atoms with Gasteiger partial charge in [-0.2, -0.15) is 0 Å². The summed E-state index contributed by atoms with van der Waals surface area (Å²) < 4.78 is 13.5. The lowest BCUT2D eigenvalue weighted by Crippen LogP contribution is -1.96. The third-order valence-corrected chi connectivity index (χ3v) is 2.95. The predicted octanol–water partition coefficient (Wildman–Crippen LogP) is 4.25. The van der Waals surface area contributed by atoms with Crippen LogP contribution in [0.2, 0.25) is 0 Å². The minimum absolute atomic E-state index is 0.273. The molecule has 0 fully saturated rings. The Morgan fingerprint density at radius 1 is 1.25 bits per heavy atom. The smallest absolute Gasteiger partial charge is 0.133 e. The van der Waals surface area contributed by atoms with Gasteiger partial charge in [0.2, 0.25) is 0 Å². The Balaban J connectivity index is 2.27. The number of anilines is 2. The third-order valence-electron chi connectivity index (χ3n) is 2.95. The SMILES string of the molecule is C=N/C=C\c1cc(Nc2cc(F)c(C)cn2)ccc1C. The van der Waals surface area contributed by atoms with Crippen LogP contribution >= 0.6 is 0 Å². The molecule has 1 N–H and O–H groups in total. The first-order valence-electron chi connectivity index (χ1n) is 6.22. The molecule has 0 aliphatic rings. The van der Waals surface area contributed by atoms with Gasteiger partial charge in [-0.3, -0.25) is 4.99 Å². The molecule has 0 saturated heterocycles. The first kappa shape index (κ1) is 13.9. The highest BCUT2D eigenvalue weighted by atomic mass is 19.1. The molecule has 102 valence electrons. The Kier molecular flexibility index (Phi) is 4.25. The van der Waals surface area contributed by atoms with E-state index in [2.05, 4.69) is 22.0 Å². The molecule has 0 unspecified atom stereocenters. The molecule has 3 nitrogen and oxygen atoms in total. The van der Waals surface area contributed by atoms with Crippen LogP contribution in [-0.4, -0.2) is 11.7 Å². The molecule has 0 radical (unpaired) electrons. The molecule has 1 heterocycles. The highest BCUT2D eigenvalue weighted by Gasteiger charge is 2.03. The Hall–Kier alpha value is -2.49. The number of pyridine rings is 1. The van der Waals surface area contributed by atoms with E-state index in [1.54, 1.807) is 13.1 Å². The van der Waals surface area contributed by atoms with E-state index in [-0.39, 0.29) is 5.82 Å².